The summed E-state index contributed by atoms with van der Waals surface area (Å²) >= 11 is 6.98. The Morgan fingerprint density at radius 2 is 2.31 bits per heavy atom. The summed E-state index contributed by atoms with van der Waals surface area (Å²) in [7, 11) is 2.03. The molecule has 2 nitrogen and oxygen atoms in total. The molecule has 1 unspecified atom stereocenters. The van der Waals surface area contributed by atoms with Gasteiger partial charge in [0, 0.05) is 24.6 Å². The van der Waals surface area contributed by atoms with Crippen LogP contribution in [0.5, 0.6) is 0 Å². The van der Waals surface area contributed by atoms with E-state index in [-0.39, 0.29) is 0 Å². The van der Waals surface area contributed by atoms with Gasteiger partial charge < -0.3 is 4.90 Å². The monoisotopic (exact) mass is 306 g/mol. The van der Waals surface area contributed by atoms with Gasteiger partial charge in [-0.15, -0.1) is 0 Å². The Balaban J connectivity index is 2.76. The van der Waals surface area contributed by atoms with E-state index < -0.39 is 0 Å². The van der Waals surface area contributed by atoms with Crippen molar-refractivity contribution in [3.8, 4) is 0 Å². The average molecular weight is 308 g/mol. The number of hydrogen-bond donors (Lipinski definition) is 0. The molecule has 0 aliphatic rings. The van der Waals surface area contributed by atoms with E-state index in [2.05, 4.69) is 48.7 Å². The first-order valence-corrected chi connectivity index (χ1v) is 5.78. The molecule has 13 heavy (non-hydrogen) atoms. The number of pyridine rings is 1. The van der Waals surface area contributed by atoms with Gasteiger partial charge in [-0.3, -0.25) is 0 Å². The first-order chi connectivity index (χ1) is 6.11. The van der Waals surface area contributed by atoms with E-state index in [1.165, 1.54) is 0 Å². The Labute approximate surface area is 95.6 Å². The summed E-state index contributed by atoms with van der Waals surface area (Å²) in [6, 6.07) is 3.91. The summed E-state index contributed by atoms with van der Waals surface area (Å²) < 4.78 is 1.03. The van der Waals surface area contributed by atoms with E-state index in [0.29, 0.717) is 4.83 Å². The van der Waals surface area contributed by atoms with E-state index in [9.17, 15) is 0 Å². The SMILES string of the molecule is CC(Br)CN(C)c1ncccc1Br. The molecular formula is C9H12Br2N2. The van der Waals surface area contributed by atoms with Gasteiger partial charge in [0.25, 0.3) is 0 Å². The fourth-order valence-electron chi connectivity index (χ4n) is 1.12. The Morgan fingerprint density at radius 3 is 2.85 bits per heavy atom. The van der Waals surface area contributed by atoms with Crippen molar-refractivity contribution in [1.29, 1.82) is 0 Å². The Kier molecular flexibility index (Phi) is 4.19. The third-order valence-electron chi connectivity index (χ3n) is 1.63. The van der Waals surface area contributed by atoms with Gasteiger partial charge in [-0.25, -0.2) is 4.98 Å². The molecule has 0 radical (unpaired) electrons. The molecule has 0 fully saturated rings. The molecule has 0 bridgehead atoms. The molecule has 0 amide bonds. The van der Waals surface area contributed by atoms with Crippen LogP contribution < -0.4 is 4.90 Å². The minimum absolute atomic E-state index is 0.464. The highest BCUT2D eigenvalue weighted by atomic mass is 79.9. The second-order valence-electron chi connectivity index (χ2n) is 2.97. The average Bonchev–Trinajstić information content (AvgIpc) is 2.03. The van der Waals surface area contributed by atoms with Gasteiger partial charge in [0.1, 0.15) is 5.82 Å². The summed E-state index contributed by atoms with van der Waals surface area (Å²) in [4.78, 5) is 6.87. The summed E-state index contributed by atoms with van der Waals surface area (Å²) in [5.74, 6) is 0.980. The van der Waals surface area contributed by atoms with Crippen LogP contribution in [0.3, 0.4) is 0 Å². The second kappa shape index (κ2) is 4.96. The largest absolute Gasteiger partial charge is 0.358 e. The third-order valence-corrected chi connectivity index (χ3v) is 2.53. The molecule has 1 aromatic rings. The maximum Gasteiger partial charge on any atom is 0.142 e. The van der Waals surface area contributed by atoms with Crippen LogP contribution in [0.25, 0.3) is 0 Å². The fourth-order valence-corrected chi connectivity index (χ4v) is 2.11. The van der Waals surface area contributed by atoms with Crippen LogP contribution in [0.15, 0.2) is 22.8 Å². The molecule has 0 aliphatic carbocycles. The third kappa shape index (κ3) is 3.27. The van der Waals surface area contributed by atoms with E-state index in [1.807, 2.05) is 19.2 Å². The minimum atomic E-state index is 0.464. The van der Waals surface area contributed by atoms with Crippen molar-refractivity contribution in [3.63, 3.8) is 0 Å². The molecule has 0 N–H and O–H groups in total. The van der Waals surface area contributed by atoms with Gasteiger partial charge >= 0.3 is 0 Å². The zero-order valence-electron chi connectivity index (χ0n) is 7.67. The van der Waals surface area contributed by atoms with Crippen molar-refractivity contribution in [2.75, 3.05) is 18.5 Å². The number of rotatable bonds is 3. The molecule has 0 saturated heterocycles. The van der Waals surface area contributed by atoms with Crippen LogP contribution in [-0.2, 0) is 0 Å². The van der Waals surface area contributed by atoms with Crippen molar-refractivity contribution in [1.82, 2.24) is 4.98 Å². The van der Waals surface area contributed by atoms with Crippen molar-refractivity contribution < 1.29 is 0 Å². The van der Waals surface area contributed by atoms with E-state index >= 15 is 0 Å². The van der Waals surface area contributed by atoms with E-state index in [0.717, 1.165) is 16.8 Å². The van der Waals surface area contributed by atoms with Crippen molar-refractivity contribution in [3.05, 3.63) is 22.8 Å². The Morgan fingerprint density at radius 1 is 1.62 bits per heavy atom. The number of hydrogen-bond acceptors (Lipinski definition) is 2. The number of anilines is 1. The van der Waals surface area contributed by atoms with Crippen LogP contribution >= 0.6 is 31.9 Å². The molecule has 1 atom stereocenters. The normalized spacial score (nSPS) is 12.6. The van der Waals surface area contributed by atoms with Crippen molar-refractivity contribution >= 4 is 37.7 Å². The van der Waals surface area contributed by atoms with Crippen LogP contribution in [0.1, 0.15) is 6.92 Å². The maximum atomic E-state index is 4.29. The lowest BCUT2D eigenvalue weighted by Crippen LogP contribution is -2.25. The zero-order valence-corrected chi connectivity index (χ0v) is 10.8. The van der Waals surface area contributed by atoms with Gasteiger partial charge in [0.05, 0.1) is 4.47 Å². The van der Waals surface area contributed by atoms with E-state index in [4.69, 9.17) is 0 Å². The fraction of sp³-hybridized carbons (Fsp3) is 0.444. The molecule has 72 valence electrons. The highest BCUT2D eigenvalue weighted by Crippen LogP contribution is 2.22. The molecule has 0 saturated carbocycles. The number of alkyl halides is 1. The molecule has 0 spiro atoms. The maximum absolute atomic E-state index is 4.29. The van der Waals surface area contributed by atoms with Crippen molar-refractivity contribution in [2.45, 2.75) is 11.8 Å². The molecule has 1 rings (SSSR count). The minimum Gasteiger partial charge on any atom is -0.358 e. The van der Waals surface area contributed by atoms with Gasteiger partial charge in [-0.1, -0.05) is 22.9 Å². The second-order valence-corrected chi connectivity index (χ2v) is 5.39. The lowest BCUT2D eigenvalue weighted by molar-refractivity contribution is 0.858. The van der Waals surface area contributed by atoms with Crippen LogP contribution in [0, 0.1) is 0 Å². The molecule has 4 heteroatoms. The summed E-state index contributed by atoms with van der Waals surface area (Å²) in [5, 5.41) is 0. The quantitative estimate of drug-likeness (QED) is 0.798. The van der Waals surface area contributed by atoms with Crippen molar-refractivity contribution in [2.24, 2.45) is 0 Å². The zero-order chi connectivity index (χ0) is 9.84. The summed E-state index contributed by atoms with van der Waals surface area (Å²) in [6.45, 7) is 3.06. The van der Waals surface area contributed by atoms with Crippen LogP contribution in [-0.4, -0.2) is 23.4 Å². The topological polar surface area (TPSA) is 16.1 Å². The number of nitrogens with zero attached hydrogens (tertiary/aromatic N) is 2. The van der Waals surface area contributed by atoms with Gasteiger partial charge in [0.15, 0.2) is 0 Å². The summed E-state index contributed by atoms with van der Waals surface area (Å²) in [5.41, 5.74) is 0. The smallest absolute Gasteiger partial charge is 0.142 e. The highest BCUT2D eigenvalue weighted by molar-refractivity contribution is 9.10. The van der Waals surface area contributed by atoms with Crippen LogP contribution in [0.4, 0.5) is 5.82 Å². The first-order valence-electron chi connectivity index (χ1n) is 4.07. The molecule has 0 aromatic carbocycles. The van der Waals surface area contributed by atoms with Gasteiger partial charge in [-0.05, 0) is 28.1 Å². The first kappa shape index (κ1) is 11.0. The lowest BCUT2D eigenvalue weighted by atomic mass is 10.4. The Bertz CT molecular complexity index is 276. The predicted molar refractivity (Wildman–Crippen MR) is 63.6 cm³/mol. The standard InChI is InChI=1S/C9H12Br2N2/c1-7(10)6-13(2)9-8(11)4-3-5-12-9/h3-5,7H,6H2,1-2H3. The number of halogens is 2. The molecule has 1 aromatic heterocycles. The van der Waals surface area contributed by atoms with Gasteiger partial charge in [0.2, 0.25) is 0 Å². The molecular weight excluding hydrogens is 296 g/mol. The van der Waals surface area contributed by atoms with Gasteiger partial charge in [-0.2, -0.15) is 0 Å². The highest BCUT2D eigenvalue weighted by Gasteiger charge is 2.07. The number of aromatic nitrogens is 1. The van der Waals surface area contributed by atoms with Crippen LogP contribution in [0.2, 0.25) is 0 Å². The molecule has 0 aliphatic heterocycles. The lowest BCUT2D eigenvalue weighted by Gasteiger charge is -2.20. The summed E-state index contributed by atoms with van der Waals surface area (Å²) in [6.07, 6.45) is 1.80. The predicted octanol–water partition coefficient (Wildman–Crippen LogP) is 3.06. The molecule has 1 heterocycles. The Hall–Kier alpha value is -0.0900. The van der Waals surface area contributed by atoms with E-state index in [1.54, 1.807) is 6.20 Å².